The Bertz CT molecular complexity index is 352. The van der Waals surface area contributed by atoms with E-state index in [1.54, 1.807) is 12.1 Å². The Morgan fingerprint density at radius 2 is 2.36 bits per heavy atom. The number of hydrogen-bond acceptors (Lipinski definition) is 3. The highest BCUT2D eigenvalue weighted by molar-refractivity contribution is 5.96. The molecule has 1 amide bonds. The van der Waals surface area contributed by atoms with E-state index in [0.29, 0.717) is 5.88 Å². The Hall–Kier alpha value is -1.29. The zero-order valence-corrected chi connectivity index (χ0v) is 8.04. The molecule has 0 unspecified atom stereocenters. The predicted octanol–water partition coefficient (Wildman–Crippen LogP) is 1.30. The van der Waals surface area contributed by atoms with Crippen molar-refractivity contribution < 1.29 is 14.3 Å². The van der Waals surface area contributed by atoms with Gasteiger partial charge in [-0.15, -0.1) is 0 Å². The smallest absolute Gasteiger partial charge is 0.235 e. The number of amides is 1. The van der Waals surface area contributed by atoms with Crippen molar-refractivity contribution in [3.63, 3.8) is 0 Å². The maximum Gasteiger partial charge on any atom is 0.235 e. The molecule has 1 aromatic heterocycles. The fourth-order valence-electron chi connectivity index (χ4n) is 1.35. The van der Waals surface area contributed by atoms with E-state index >= 15 is 0 Å². The van der Waals surface area contributed by atoms with Gasteiger partial charge in [-0.25, -0.2) is 0 Å². The van der Waals surface area contributed by atoms with Crippen LogP contribution in [0, 0.1) is 12.3 Å². The van der Waals surface area contributed by atoms with Crippen molar-refractivity contribution in [2.45, 2.75) is 19.8 Å². The van der Waals surface area contributed by atoms with E-state index in [4.69, 9.17) is 9.52 Å². The zero-order chi connectivity index (χ0) is 10.2. The van der Waals surface area contributed by atoms with Crippen LogP contribution in [-0.4, -0.2) is 17.6 Å². The fourth-order valence-corrected chi connectivity index (χ4v) is 1.35. The molecule has 0 aliphatic heterocycles. The summed E-state index contributed by atoms with van der Waals surface area (Å²) in [5.41, 5.74) is -0.541. The second kappa shape index (κ2) is 3.13. The van der Waals surface area contributed by atoms with Crippen LogP contribution >= 0.6 is 0 Å². The lowest BCUT2D eigenvalue weighted by Gasteiger charge is -2.09. The van der Waals surface area contributed by atoms with Gasteiger partial charge in [0.05, 0.1) is 12.0 Å². The van der Waals surface area contributed by atoms with Gasteiger partial charge in [-0.3, -0.25) is 10.1 Å². The van der Waals surface area contributed by atoms with Crippen molar-refractivity contribution in [2.24, 2.45) is 5.41 Å². The van der Waals surface area contributed by atoms with Crippen LogP contribution < -0.4 is 5.32 Å². The number of anilines is 1. The third-order valence-electron chi connectivity index (χ3n) is 2.61. The van der Waals surface area contributed by atoms with Crippen LogP contribution in [0.3, 0.4) is 0 Å². The van der Waals surface area contributed by atoms with Gasteiger partial charge in [-0.05, 0) is 25.8 Å². The van der Waals surface area contributed by atoms with Gasteiger partial charge < -0.3 is 9.52 Å². The molecule has 1 aliphatic rings. The number of aryl methyl sites for hydroxylation is 1. The fraction of sp³-hybridized carbons (Fsp3) is 0.500. The van der Waals surface area contributed by atoms with Gasteiger partial charge in [0.25, 0.3) is 0 Å². The van der Waals surface area contributed by atoms with Crippen LogP contribution in [0.25, 0.3) is 0 Å². The van der Waals surface area contributed by atoms with Gasteiger partial charge in [-0.1, -0.05) is 0 Å². The Morgan fingerprint density at radius 1 is 1.64 bits per heavy atom. The lowest BCUT2D eigenvalue weighted by molar-refractivity contribution is -0.122. The SMILES string of the molecule is Cc1ccc(NC(=O)C2(CO)CC2)o1. The summed E-state index contributed by atoms with van der Waals surface area (Å²) in [6.07, 6.45) is 1.52. The highest BCUT2D eigenvalue weighted by Crippen LogP contribution is 2.45. The van der Waals surface area contributed by atoms with Crippen molar-refractivity contribution in [2.75, 3.05) is 11.9 Å². The predicted molar refractivity (Wildman–Crippen MR) is 50.8 cm³/mol. The van der Waals surface area contributed by atoms with Crippen LogP contribution in [0.1, 0.15) is 18.6 Å². The molecule has 0 bridgehead atoms. The van der Waals surface area contributed by atoms with Crippen molar-refractivity contribution >= 4 is 11.8 Å². The monoisotopic (exact) mass is 195 g/mol. The molecule has 1 heterocycles. The van der Waals surface area contributed by atoms with Crippen molar-refractivity contribution in [3.8, 4) is 0 Å². The van der Waals surface area contributed by atoms with Crippen molar-refractivity contribution in [3.05, 3.63) is 17.9 Å². The van der Waals surface area contributed by atoms with E-state index in [9.17, 15) is 4.79 Å². The molecule has 2 N–H and O–H groups in total. The van der Waals surface area contributed by atoms with Crippen molar-refractivity contribution in [1.82, 2.24) is 0 Å². The number of rotatable bonds is 3. The first kappa shape index (κ1) is 9.27. The van der Waals surface area contributed by atoms with Crippen molar-refractivity contribution in [1.29, 1.82) is 0 Å². The Kier molecular flexibility index (Phi) is 2.07. The average molecular weight is 195 g/mol. The van der Waals surface area contributed by atoms with Crippen LogP contribution in [0.15, 0.2) is 16.5 Å². The van der Waals surface area contributed by atoms with E-state index in [2.05, 4.69) is 5.32 Å². The maximum atomic E-state index is 11.6. The average Bonchev–Trinajstić information content (AvgIpc) is 2.87. The van der Waals surface area contributed by atoms with E-state index in [-0.39, 0.29) is 12.5 Å². The second-order valence-electron chi connectivity index (χ2n) is 3.80. The minimum absolute atomic E-state index is 0.0848. The molecule has 1 fully saturated rings. The molecule has 2 rings (SSSR count). The molecule has 14 heavy (non-hydrogen) atoms. The molecule has 0 saturated heterocycles. The molecular weight excluding hydrogens is 182 g/mol. The first-order valence-electron chi connectivity index (χ1n) is 4.65. The summed E-state index contributed by atoms with van der Waals surface area (Å²) >= 11 is 0. The summed E-state index contributed by atoms with van der Waals surface area (Å²) in [4.78, 5) is 11.6. The van der Waals surface area contributed by atoms with Gasteiger partial charge in [0.15, 0.2) is 5.88 Å². The van der Waals surface area contributed by atoms with Gasteiger partial charge in [0.2, 0.25) is 5.91 Å². The molecule has 4 nitrogen and oxygen atoms in total. The minimum atomic E-state index is -0.541. The Balaban J connectivity index is 2.01. The maximum absolute atomic E-state index is 11.6. The summed E-state index contributed by atoms with van der Waals surface area (Å²) in [6.45, 7) is 1.73. The lowest BCUT2D eigenvalue weighted by atomic mass is 10.1. The van der Waals surface area contributed by atoms with Gasteiger partial charge in [-0.2, -0.15) is 0 Å². The number of carbonyl (C=O) groups is 1. The van der Waals surface area contributed by atoms with Gasteiger partial charge in [0, 0.05) is 6.07 Å². The molecule has 0 spiro atoms. The molecule has 1 saturated carbocycles. The number of aliphatic hydroxyl groups excluding tert-OH is 1. The first-order chi connectivity index (χ1) is 6.66. The molecule has 0 radical (unpaired) electrons. The molecule has 0 atom stereocenters. The highest BCUT2D eigenvalue weighted by Gasteiger charge is 2.49. The third-order valence-corrected chi connectivity index (χ3v) is 2.61. The van der Waals surface area contributed by atoms with Crippen LogP contribution in [0.5, 0.6) is 0 Å². The first-order valence-corrected chi connectivity index (χ1v) is 4.65. The van der Waals surface area contributed by atoms with Crippen LogP contribution in [-0.2, 0) is 4.79 Å². The standard InChI is InChI=1S/C10H13NO3/c1-7-2-3-8(14-7)11-9(13)10(6-12)4-5-10/h2-3,12H,4-6H2,1H3,(H,11,13). The summed E-state index contributed by atoms with van der Waals surface area (Å²) in [7, 11) is 0. The number of furan rings is 1. The number of nitrogens with one attached hydrogen (secondary N) is 1. The van der Waals surface area contributed by atoms with Gasteiger partial charge in [0.1, 0.15) is 5.76 Å². The highest BCUT2D eigenvalue weighted by atomic mass is 16.4. The zero-order valence-electron chi connectivity index (χ0n) is 8.04. The molecule has 76 valence electrons. The topological polar surface area (TPSA) is 62.5 Å². The largest absolute Gasteiger partial charge is 0.446 e. The van der Waals surface area contributed by atoms with E-state index in [0.717, 1.165) is 18.6 Å². The van der Waals surface area contributed by atoms with E-state index in [1.165, 1.54) is 0 Å². The van der Waals surface area contributed by atoms with E-state index in [1.807, 2.05) is 6.92 Å². The van der Waals surface area contributed by atoms with E-state index < -0.39 is 5.41 Å². The quantitative estimate of drug-likeness (QED) is 0.764. The summed E-state index contributed by atoms with van der Waals surface area (Å²) < 4.78 is 5.21. The van der Waals surface area contributed by atoms with Crippen LogP contribution in [0.2, 0.25) is 0 Å². The summed E-state index contributed by atoms with van der Waals surface area (Å²) in [5, 5.41) is 11.7. The summed E-state index contributed by atoms with van der Waals surface area (Å²) in [6, 6.07) is 3.49. The molecule has 1 aromatic rings. The molecular formula is C10H13NO3. The Labute approximate surface area is 81.9 Å². The third kappa shape index (κ3) is 1.53. The minimum Gasteiger partial charge on any atom is -0.446 e. The number of carbonyl (C=O) groups excluding carboxylic acids is 1. The molecule has 4 heteroatoms. The molecule has 0 aromatic carbocycles. The molecule has 1 aliphatic carbocycles. The lowest BCUT2D eigenvalue weighted by Crippen LogP contribution is -2.26. The Morgan fingerprint density at radius 3 is 2.79 bits per heavy atom. The second-order valence-corrected chi connectivity index (χ2v) is 3.80. The van der Waals surface area contributed by atoms with Crippen LogP contribution in [0.4, 0.5) is 5.88 Å². The summed E-state index contributed by atoms with van der Waals surface area (Å²) in [5.74, 6) is 1.07. The number of hydrogen-bond donors (Lipinski definition) is 2. The number of aliphatic hydroxyl groups is 1. The normalized spacial score (nSPS) is 17.9. The van der Waals surface area contributed by atoms with Gasteiger partial charge >= 0.3 is 0 Å².